The molecule has 2 aromatic heterocycles. The van der Waals surface area contributed by atoms with Crippen molar-refractivity contribution in [3.8, 4) is 0 Å². The van der Waals surface area contributed by atoms with Gasteiger partial charge >= 0.3 is 0 Å². The Labute approximate surface area is 69.0 Å². The average molecular weight is 163 g/mol. The molecule has 0 bridgehead atoms. The molecule has 0 aromatic carbocycles. The topological polar surface area (TPSA) is 82.2 Å². The van der Waals surface area contributed by atoms with Gasteiger partial charge in [0.05, 0.1) is 6.54 Å². The predicted octanol–water partition coefficient (Wildman–Crippen LogP) is -0.230. The van der Waals surface area contributed by atoms with Gasteiger partial charge < -0.3 is 11.5 Å². The lowest BCUT2D eigenvalue weighted by atomic mass is 10.4. The highest BCUT2D eigenvalue weighted by atomic mass is 15.2. The molecule has 12 heavy (non-hydrogen) atoms. The summed E-state index contributed by atoms with van der Waals surface area (Å²) in [4.78, 5) is 0. The van der Waals surface area contributed by atoms with Crippen LogP contribution in [0.3, 0.4) is 0 Å². The molecule has 0 spiro atoms. The van der Waals surface area contributed by atoms with Crippen LogP contribution in [0.2, 0.25) is 0 Å². The number of nitrogen functional groups attached to an aromatic ring is 1. The summed E-state index contributed by atoms with van der Waals surface area (Å²) in [6, 6.07) is 3.59. The van der Waals surface area contributed by atoms with E-state index in [0.29, 0.717) is 12.2 Å². The van der Waals surface area contributed by atoms with Gasteiger partial charge in [0.1, 0.15) is 0 Å². The molecular weight excluding hydrogens is 154 g/mol. The van der Waals surface area contributed by atoms with E-state index in [4.69, 9.17) is 11.5 Å². The molecule has 0 unspecified atom stereocenters. The maximum absolute atomic E-state index is 5.59. The summed E-state index contributed by atoms with van der Waals surface area (Å²) in [5.41, 5.74) is 12.5. The molecule has 5 heteroatoms. The molecule has 0 saturated carbocycles. The largest absolute Gasteiger partial charge is 0.398 e. The highest BCUT2D eigenvalue weighted by Gasteiger charge is 2.01. The Hall–Kier alpha value is -1.62. The lowest BCUT2D eigenvalue weighted by molar-refractivity contribution is 0.883. The third kappa shape index (κ3) is 0.911. The first-order valence-electron chi connectivity index (χ1n) is 3.60. The van der Waals surface area contributed by atoms with Crippen molar-refractivity contribution in [3.63, 3.8) is 0 Å². The fourth-order valence-electron chi connectivity index (χ4n) is 1.09. The van der Waals surface area contributed by atoms with Crippen LogP contribution < -0.4 is 11.5 Å². The van der Waals surface area contributed by atoms with Crippen LogP contribution in [0.15, 0.2) is 18.3 Å². The molecule has 0 atom stereocenters. The summed E-state index contributed by atoms with van der Waals surface area (Å²) < 4.78 is 1.79. The number of aromatic nitrogens is 3. The van der Waals surface area contributed by atoms with Crippen LogP contribution in [0, 0.1) is 0 Å². The number of nitrogens with two attached hydrogens (primary N) is 2. The Morgan fingerprint density at radius 1 is 1.33 bits per heavy atom. The van der Waals surface area contributed by atoms with Crippen molar-refractivity contribution in [1.82, 2.24) is 14.6 Å². The molecule has 0 radical (unpaired) electrons. The lowest BCUT2D eigenvalue weighted by Gasteiger charge is -1.96. The smallest absolute Gasteiger partial charge is 0.160 e. The van der Waals surface area contributed by atoms with Crippen LogP contribution in [0.4, 0.5) is 5.69 Å². The Morgan fingerprint density at radius 3 is 2.92 bits per heavy atom. The van der Waals surface area contributed by atoms with Crippen molar-refractivity contribution in [1.29, 1.82) is 0 Å². The zero-order valence-corrected chi connectivity index (χ0v) is 6.44. The van der Waals surface area contributed by atoms with Gasteiger partial charge in [0.25, 0.3) is 0 Å². The van der Waals surface area contributed by atoms with Crippen LogP contribution in [-0.2, 0) is 6.54 Å². The zero-order chi connectivity index (χ0) is 8.55. The Bertz CT molecular complexity index is 405. The van der Waals surface area contributed by atoms with E-state index in [0.717, 1.165) is 11.5 Å². The molecule has 2 heterocycles. The minimum Gasteiger partial charge on any atom is -0.398 e. The molecule has 2 aromatic rings. The van der Waals surface area contributed by atoms with E-state index < -0.39 is 0 Å². The van der Waals surface area contributed by atoms with Gasteiger partial charge in [0.2, 0.25) is 0 Å². The predicted molar refractivity (Wildman–Crippen MR) is 45.3 cm³/mol. The van der Waals surface area contributed by atoms with Gasteiger partial charge in [0, 0.05) is 11.9 Å². The molecule has 0 fully saturated rings. The van der Waals surface area contributed by atoms with Crippen molar-refractivity contribution in [2.45, 2.75) is 6.54 Å². The van der Waals surface area contributed by atoms with Gasteiger partial charge in [-0.2, -0.15) is 0 Å². The number of rotatable bonds is 1. The molecular formula is C7H9N5. The van der Waals surface area contributed by atoms with Gasteiger partial charge in [-0.3, -0.25) is 4.40 Å². The number of nitrogens with zero attached hydrogens (tertiary/aromatic N) is 3. The summed E-state index contributed by atoms with van der Waals surface area (Å²) in [6.45, 7) is 0.366. The molecule has 0 saturated heterocycles. The standard InChI is InChI=1S/C7H9N5/c8-3-7-11-10-6-2-1-5(9)4-12(6)7/h1-2,4H,3,8-9H2. The summed E-state index contributed by atoms with van der Waals surface area (Å²) in [6.07, 6.45) is 1.76. The monoisotopic (exact) mass is 163 g/mol. The summed E-state index contributed by atoms with van der Waals surface area (Å²) in [7, 11) is 0. The van der Waals surface area contributed by atoms with E-state index in [1.807, 2.05) is 6.07 Å². The van der Waals surface area contributed by atoms with Crippen LogP contribution in [0.5, 0.6) is 0 Å². The molecule has 2 rings (SSSR count). The third-order valence-corrected chi connectivity index (χ3v) is 1.68. The average Bonchev–Trinajstić information content (AvgIpc) is 2.46. The molecule has 4 N–H and O–H groups in total. The Kier molecular flexibility index (Phi) is 1.44. The Balaban J connectivity index is 2.75. The molecule has 0 aliphatic heterocycles. The number of hydrogen-bond acceptors (Lipinski definition) is 4. The minimum atomic E-state index is 0.366. The van der Waals surface area contributed by atoms with Crippen LogP contribution >= 0.6 is 0 Å². The van der Waals surface area contributed by atoms with E-state index in [2.05, 4.69) is 10.2 Å². The van der Waals surface area contributed by atoms with Crippen LogP contribution in [0.25, 0.3) is 5.65 Å². The van der Waals surface area contributed by atoms with E-state index >= 15 is 0 Å². The lowest BCUT2D eigenvalue weighted by Crippen LogP contribution is -2.02. The van der Waals surface area contributed by atoms with E-state index in [9.17, 15) is 0 Å². The molecule has 5 nitrogen and oxygen atoms in total. The highest BCUT2D eigenvalue weighted by molar-refractivity contribution is 5.46. The molecule has 62 valence electrons. The number of hydrogen-bond donors (Lipinski definition) is 2. The zero-order valence-electron chi connectivity index (χ0n) is 6.44. The van der Waals surface area contributed by atoms with Crippen molar-refractivity contribution in [2.24, 2.45) is 5.73 Å². The van der Waals surface area contributed by atoms with Gasteiger partial charge in [-0.15, -0.1) is 10.2 Å². The van der Waals surface area contributed by atoms with E-state index in [1.54, 1.807) is 16.7 Å². The van der Waals surface area contributed by atoms with Gasteiger partial charge in [0.15, 0.2) is 11.5 Å². The first-order chi connectivity index (χ1) is 5.81. The molecule has 0 aliphatic carbocycles. The van der Waals surface area contributed by atoms with E-state index in [-0.39, 0.29) is 0 Å². The second kappa shape index (κ2) is 2.46. The molecule has 0 aliphatic rings. The first-order valence-corrected chi connectivity index (χ1v) is 3.60. The third-order valence-electron chi connectivity index (χ3n) is 1.68. The van der Waals surface area contributed by atoms with Gasteiger partial charge in [-0.1, -0.05) is 0 Å². The highest BCUT2D eigenvalue weighted by Crippen LogP contribution is 2.07. The molecule has 0 amide bonds. The second-order valence-electron chi connectivity index (χ2n) is 2.51. The summed E-state index contributed by atoms with van der Waals surface area (Å²) in [5, 5.41) is 7.80. The maximum atomic E-state index is 5.59. The second-order valence-corrected chi connectivity index (χ2v) is 2.51. The summed E-state index contributed by atoms with van der Waals surface area (Å²) >= 11 is 0. The van der Waals surface area contributed by atoms with Crippen molar-refractivity contribution < 1.29 is 0 Å². The fraction of sp³-hybridized carbons (Fsp3) is 0.143. The van der Waals surface area contributed by atoms with Crippen molar-refractivity contribution in [3.05, 3.63) is 24.2 Å². The number of pyridine rings is 1. The summed E-state index contributed by atoms with van der Waals surface area (Å²) in [5.74, 6) is 0.720. The van der Waals surface area contributed by atoms with E-state index in [1.165, 1.54) is 0 Å². The number of fused-ring (bicyclic) bond motifs is 1. The van der Waals surface area contributed by atoms with Crippen LogP contribution in [-0.4, -0.2) is 14.6 Å². The van der Waals surface area contributed by atoms with Crippen LogP contribution in [0.1, 0.15) is 5.82 Å². The van der Waals surface area contributed by atoms with Gasteiger partial charge in [-0.25, -0.2) is 0 Å². The maximum Gasteiger partial charge on any atom is 0.160 e. The van der Waals surface area contributed by atoms with Crippen molar-refractivity contribution in [2.75, 3.05) is 5.73 Å². The SMILES string of the molecule is NCc1nnc2ccc(N)cn12. The van der Waals surface area contributed by atoms with Crippen molar-refractivity contribution >= 4 is 11.3 Å². The van der Waals surface area contributed by atoms with Gasteiger partial charge in [-0.05, 0) is 12.1 Å². The fourth-order valence-corrected chi connectivity index (χ4v) is 1.09. The minimum absolute atomic E-state index is 0.366. The number of anilines is 1. The quantitative estimate of drug-likeness (QED) is 0.608. The first kappa shape index (κ1) is 7.05. The normalized spacial score (nSPS) is 10.8. The Morgan fingerprint density at radius 2 is 2.17 bits per heavy atom.